The zero-order valence-electron chi connectivity index (χ0n) is 11.8. The van der Waals surface area contributed by atoms with E-state index in [2.05, 4.69) is 4.90 Å². The van der Waals surface area contributed by atoms with Gasteiger partial charge in [0, 0.05) is 18.7 Å². The maximum atomic E-state index is 12.3. The number of nitrogens with zero attached hydrogens (tertiary/aromatic N) is 1. The van der Waals surface area contributed by atoms with Crippen molar-refractivity contribution in [1.82, 2.24) is 4.90 Å². The Morgan fingerprint density at radius 3 is 2.74 bits per heavy atom. The zero-order chi connectivity index (χ0) is 13.7. The van der Waals surface area contributed by atoms with Crippen LogP contribution in [0.4, 0.5) is 0 Å². The van der Waals surface area contributed by atoms with Gasteiger partial charge in [-0.05, 0) is 33.2 Å². The minimum absolute atomic E-state index is 0.104. The maximum absolute atomic E-state index is 12.3. The summed E-state index contributed by atoms with van der Waals surface area (Å²) in [5.74, 6) is 0.180. The molecule has 2 atom stereocenters. The molecular formula is C16H23NO2. The number of carbonyl (C=O) groups is 1. The fourth-order valence-electron chi connectivity index (χ4n) is 2.47. The van der Waals surface area contributed by atoms with Gasteiger partial charge in [-0.3, -0.25) is 9.69 Å². The second kappa shape index (κ2) is 6.83. The SMILES string of the molecule is CC(C(=O)c1ccccc1)N(C)CC1CCCCO1. The van der Waals surface area contributed by atoms with E-state index in [9.17, 15) is 4.79 Å². The highest BCUT2D eigenvalue weighted by atomic mass is 16.5. The molecule has 1 aromatic carbocycles. The molecule has 2 unspecified atom stereocenters. The lowest BCUT2D eigenvalue weighted by atomic mass is 10.0. The second-order valence-electron chi connectivity index (χ2n) is 5.33. The summed E-state index contributed by atoms with van der Waals surface area (Å²) >= 11 is 0. The predicted octanol–water partition coefficient (Wildman–Crippen LogP) is 2.76. The van der Waals surface area contributed by atoms with Crippen LogP contribution in [0.15, 0.2) is 30.3 Å². The summed E-state index contributed by atoms with van der Waals surface area (Å²) in [5, 5.41) is 0. The van der Waals surface area contributed by atoms with E-state index in [1.54, 1.807) is 0 Å². The van der Waals surface area contributed by atoms with Crippen molar-refractivity contribution in [2.45, 2.75) is 38.3 Å². The van der Waals surface area contributed by atoms with E-state index in [-0.39, 0.29) is 17.9 Å². The third kappa shape index (κ3) is 3.88. The van der Waals surface area contributed by atoms with Gasteiger partial charge in [0.15, 0.2) is 5.78 Å². The number of ketones is 1. The summed E-state index contributed by atoms with van der Waals surface area (Å²) in [5.41, 5.74) is 0.784. The van der Waals surface area contributed by atoms with E-state index >= 15 is 0 Å². The number of benzene rings is 1. The summed E-state index contributed by atoms with van der Waals surface area (Å²) < 4.78 is 5.73. The molecule has 1 aliphatic heterocycles. The first kappa shape index (κ1) is 14.2. The van der Waals surface area contributed by atoms with Crippen LogP contribution in [0, 0.1) is 0 Å². The van der Waals surface area contributed by atoms with Crippen LogP contribution in [-0.4, -0.2) is 43.0 Å². The molecule has 1 aliphatic rings. The monoisotopic (exact) mass is 261 g/mol. The van der Waals surface area contributed by atoms with E-state index in [0.717, 1.165) is 25.1 Å². The summed E-state index contributed by atoms with van der Waals surface area (Å²) in [6, 6.07) is 9.40. The van der Waals surface area contributed by atoms with Gasteiger partial charge in [-0.2, -0.15) is 0 Å². The van der Waals surface area contributed by atoms with Gasteiger partial charge in [0.2, 0.25) is 0 Å². The molecule has 0 radical (unpaired) electrons. The maximum Gasteiger partial charge on any atom is 0.179 e. The number of hydrogen-bond donors (Lipinski definition) is 0. The van der Waals surface area contributed by atoms with Crippen LogP contribution in [0.1, 0.15) is 36.5 Å². The molecule has 1 saturated heterocycles. The van der Waals surface area contributed by atoms with Crippen molar-refractivity contribution in [3.63, 3.8) is 0 Å². The molecule has 1 heterocycles. The number of Topliss-reactive ketones (excluding diaryl/α,β-unsaturated/α-hetero) is 1. The number of carbonyl (C=O) groups excluding carboxylic acids is 1. The topological polar surface area (TPSA) is 29.5 Å². The largest absolute Gasteiger partial charge is 0.377 e. The van der Waals surface area contributed by atoms with Crippen LogP contribution in [0.2, 0.25) is 0 Å². The van der Waals surface area contributed by atoms with Gasteiger partial charge in [-0.1, -0.05) is 30.3 Å². The first-order chi connectivity index (χ1) is 9.18. The van der Waals surface area contributed by atoms with Gasteiger partial charge in [-0.15, -0.1) is 0 Å². The van der Waals surface area contributed by atoms with Crippen molar-refractivity contribution < 1.29 is 9.53 Å². The molecular weight excluding hydrogens is 238 g/mol. The van der Waals surface area contributed by atoms with Gasteiger partial charge < -0.3 is 4.74 Å². The number of likely N-dealkylation sites (N-methyl/N-ethyl adjacent to an activating group) is 1. The lowest BCUT2D eigenvalue weighted by Gasteiger charge is -2.30. The fourth-order valence-corrected chi connectivity index (χ4v) is 2.47. The average molecular weight is 261 g/mol. The molecule has 2 rings (SSSR count). The molecule has 3 heteroatoms. The molecule has 19 heavy (non-hydrogen) atoms. The van der Waals surface area contributed by atoms with Gasteiger partial charge in [0.25, 0.3) is 0 Å². The van der Waals surface area contributed by atoms with E-state index in [1.807, 2.05) is 44.3 Å². The Balaban J connectivity index is 1.91. The number of hydrogen-bond acceptors (Lipinski definition) is 3. The molecule has 0 saturated carbocycles. The quantitative estimate of drug-likeness (QED) is 0.763. The van der Waals surface area contributed by atoms with Crippen LogP contribution in [0.25, 0.3) is 0 Å². The van der Waals surface area contributed by atoms with Gasteiger partial charge in [0.05, 0.1) is 12.1 Å². The Labute approximate surface area is 115 Å². The standard InChI is InChI=1S/C16H23NO2/c1-13(16(18)14-8-4-3-5-9-14)17(2)12-15-10-6-7-11-19-15/h3-5,8-9,13,15H,6-7,10-12H2,1-2H3. The third-order valence-electron chi connectivity index (χ3n) is 3.86. The molecule has 0 amide bonds. The van der Waals surface area contributed by atoms with E-state index in [1.165, 1.54) is 12.8 Å². The molecule has 1 fully saturated rings. The lowest BCUT2D eigenvalue weighted by Crippen LogP contribution is -2.42. The summed E-state index contributed by atoms with van der Waals surface area (Å²) in [6.07, 6.45) is 3.79. The number of ether oxygens (including phenoxy) is 1. The molecule has 104 valence electrons. The second-order valence-corrected chi connectivity index (χ2v) is 5.33. The Bertz CT molecular complexity index is 398. The van der Waals surface area contributed by atoms with E-state index < -0.39 is 0 Å². The first-order valence-electron chi connectivity index (χ1n) is 7.09. The van der Waals surface area contributed by atoms with E-state index in [4.69, 9.17) is 4.74 Å². The van der Waals surface area contributed by atoms with Gasteiger partial charge in [-0.25, -0.2) is 0 Å². The van der Waals surface area contributed by atoms with E-state index in [0.29, 0.717) is 0 Å². The summed E-state index contributed by atoms with van der Waals surface area (Å²) in [7, 11) is 2.00. The molecule has 0 bridgehead atoms. The van der Waals surface area contributed by atoms with Gasteiger partial charge in [0.1, 0.15) is 0 Å². The normalized spacial score (nSPS) is 21.3. The van der Waals surface area contributed by atoms with Gasteiger partial charge >= 0.3 is 0 Å². The minimum atomic E-state index is -0.104. The Kier molecular flexibility index (Phi) is 5.11. The van der Waals surface area contributed by atoms with Crippen LogP contribution in [0.3, 0.4) is 0 Å². The average Bonchev–Trinajstić information content (AvgIpc) is 2.47. The molecule has 0 aliphatic carbocycles. The fraction of sp³-hybridized carbons (Fsp3) is 0.562. The highest BCUT2D eigenvalue weighted by Gasteiger charge is 2.23. The lowest BCUT2D eigenvalue weighted by molar-refractivity contribution is -0.00577. The highest BCUT2D eigenvalue weighted by Crippen LogP contribution is 2.15. The molecule has 0 aromatic heterocycles. The van der Waals surface area contributed by atoms with Crippen LogP contribution >= 0.6 is 0 Å². The zero-order valence-corrected chi connectivity index (χ0v) is 11.8. The van der Waals surface area contributed by atoms with Crippen molar-refractivity contribution in [3.8, 4) is 0 Å². The Morgan fingerprint density at radius 2 is 2.11 bits per heavy atom. The molecule has 3 nitrogen and oxygen atoms in total. The van der Waals surface area contributed by atoms with Crippen molar-refractivity contribution in [2.75, 3.05) is 20.2 Å². The molecule has 0 N–H and O–H groups in total. The Hall–Kier alpha value is -1.19. The number of rotatable bonds is 5. The predicted molar refractivity (Wildman–Crippen MR) is 76.5 cm³/mol. The van der Waals surface area contributed by atoms with Crippen molar-refractivity contribution in [1.29, 1.82) is 0 Å². The summed E-state index contributed by atoms with van der Waals surface area (Å²) in [6.45, 7) is 3.66. The Morgan fingerprint density at radius 1 is 1.37 bits per heavy atom. The third-order valence-corrected chi connectivity index (χ3v) is 3.86. The van der Waals surface area contributed by atoms with Crippen molar-refractivity contribution in [3.05, 3.63) is 35.9 Å². The highest BCUT2D eigenvalue weighted by molar-refractivity contribution is 5.99. The first-order valence-corrected chi connectivity index (χ1v) is 7.09. The minimum Gasteiger partial charge on any atom is -0.377 e. The van der Waals surface area contributed by atoms with Crippen molar-refractivity contribution >= 4 is 5.78 Å². The molecule has 1 aromatic rings. The van der Waals surface area contributed by atoms with Crippen LogP contribution < -0.4 is 0 Å². The van der Waals surface area contributed by atoms with Crippen LogP contribution in [0.5, 0.6) is 0 Å². The molecule has 0 spiro atoms. The van der Waals surface area contributed by atoms with Crippen molar-refractivity contribution in [2.24, 2.45) is 0 Å². The van der Waals surface area contributed by atoms with Crippen LogP contribution in [-0.2, 0) is 4.74 Å². The summed E-state index contributed by atoms with van der Waals surface area (Å²) in [4.78, 5) is 14.4. The smallest absolute Gasteiger partial charge is 0.179 e.